The molecule has 7 heteroatoms. The summed E-state index contributed by atoms with van der Waals surface area (Å²) in [4.78, 5) is 13.3. The second-order valence-electron chi connectivity index (χ2n) is 6.10. The van der Waals surface area contributed by atoms with Crippen LogP contribution in [0.15, 0.2) is 23.1 Å². The average Bonchev–Trinajstić information content (AvgIpc) is 3.01. The van der Waals surface area contributed by atoms with Gasteiger partial charge in [-0.05, 0) is 44.5 Å². The predicted molar refractivity (Wildman–Crippen MR) is 88.2 cm³/mol. The van der Waals surface area contributed by atoms with E-state index in [1.165, 1.54) is 43.9 Å². The van der Waals surface area contributed by atoms with Gasteiger partial charge in [0.05, 0.1) is 10.5 Å². The summed E-state index contributed by atoms with van der Waals surface area (Å²) in [5.41, 5.74) is 0.549. The highest BCUT2D eigenvalue weighted by molar-refractivity contribution is 7.89. The number of carboxylic acid groups (broad SMARTS) is 1. The van der Waals surface area contributed by atoms with E-state index in [1.807, 2.05) is 7.05 Å². The maximum Gasteiger partial charge on any atom is 0.335 e. The van der Waals surface area contributed by atoms with Crippen molar-refractivity contribution in [2.75, 3.05) is 20.1 Å². The van der Waals surface area contributed by atoms with Gasteiger partial charge in [-0.25, -0.2) is 17.9 Å². The number of likely N-dealkylation sites (N-methyl/N-ethyl adjacent to an activating group) is 1. The minimum absolute atomic E-state index is 0.0101. The van der Waals surface area contributed by atoms with Gasteiger partial charge < -0.3 is 10.0 Å². The van der Waals surface area contributed by atoms with Gasteiger partial charge >= 0.3 is 5.97 Å². The smallest absolute Gasteiger partial charge is 0.335 e. The van der Waals surface area contributed by atoms with Crippen LogP contribution in [0.3, 0.4) is 0 Å². The Balaban J connectivity index is 1.98. The first kappa shape index (κ1) is 17.9. The Bertz CT molecular complexity index is 667. The van der Waals surface area contributed by atoms with Gasteiger partial charge in [-0.15, -0.1) is 0 Å². The van der Waals surface area contributed by atoms with Gasteiger partial charge in [-0.2, -0.15) is 0 Å². The SMILES string of the molecule is Cc1ccc(S(=O)(=O)NCCN(C)C2CCCC2)cc1C(=O)O. The number of hydrogen-bond acceptors (Lipinski definition) is 4. The largest absolute Gasteiger partial charge is 0.478 e. The van der Waals surface area contributed by atoms with E-state index in [0.29, 0.717) is 24.7 Å². The van der Waals surface area contributed by atoms with E-state index in [9.17, 15) is 13.2 Å². The highest BCUT2D eigenvalue weighted by Gasteiger charge is 2.21. The fourth-order valence-electron chi connectivity index (χ4n) is 2.97. The molecule has 1 aliphatic carbocycles. The summed E-state index contributed by atoms with van der Waals surface area (Å²) in [6, 6.07) is 4.70. The van der Waals surface area contributed by atoms with Gasteiger partial charge in [-0.3, -0.25) is 0 Å². The summed E-state index contributed by atoms with van der Waals surface area (Å²) in [5.74, 6) is -1.12. The number of hydrogen-bond donors (Lipinski definition) is 2. The Morgan fingerprint density at radius 1 is 1.35 bits per heavy atom. The number of nitrogens with one attached hydrogen (secondary N) is 1. The maximum atomic E-state index is 12.3. The van der Waals surface area contributed by atoms with Crippen molar-refractivity contribution in [1.82, 2.24) is 9.62 Å². The van der Waals surface area contributed by atoms with Crippen molar-refractivity contribution < 1.29 is 18.3 Å². The van der Waals surface area contributed by atoms with Crippen molar-refractivity contribution in [3.05, 3.63) is 29.3 Å². The molecule has 1 saturated carbocycles. The topological polar surface area (TPSA) is 86.7 Å². The Morgan fingerprint density at radius 3 is 2.61 bits per heavy atom. The van der Waals surface area contributed by atoms with E-state index in [2.05, 4.69) is 9.62 Å². The lowest BCUT2D eigenvalue weighted by Crippen LogP contribution is -2.37. The van der Waals surface area contributed by atoms with Crippen molar-refractivity contribution in [2.45, 2.75) is 43.5 Å². The molecule has 0 spiro atoms. The summed E-state index contributed by atoms with van der Waals surface area (Å²) in [6.45, 7) is 2.59. The van der Waals surface area contributed by atoms with Crippen LogP contribution in [0, 0.1) is 6.92 Å². The average molecular weight is 340 g/mol. The molecule has 6 nitrogen and oxygen atoms in total. The molecular weight excluding hydrogens is 316 g/mol. The second-order valence-corrected chi connectivity index (χ2v) is 7.87. The van der Waals surface area contributed by atoms with Gasteiger partial charge in [0.15, 0.2) is 0 Å². The molecule has 0 saturated heterocycles. The zero-order valence-electron chi connectivity index (χ0n) is 13.6. The Hall–Kier alpha value is -1.44. The van der Waals surface area contributed by atoms with Gasteiger partial charge in [0.25, 0.3) is 0 Å². The van der Waals surface area contributed by atoms with Crippen LogP contribution >= 0.6 is 0 Å². The van der Waals surface area contributed by atoms with Crippen molar-refractivity contribution >= 4 is 16.0 Å². The van der Waals surface area contributed by atoms with E-state index in [-0.39, 0.29) is 10.5 Å². The Labute approximate surface area is 137 Å². The number of rotatable bonds is 7. The van der Waals surface area contributed by atoms with Crippen LogP contribution in [0.5, 0.6) is 0 Å². The zero-order valence-corrected chi connectivity index (χ0v) is 14.4. The lowest BCUT2D eigenvalue weighted by Gasteiger charge is -2.23. The first-order valence-corrected chi connectivity index (χ1v) is 9.33. The summed E-state index contributed by atoms with van der Waals surface area (Å²) < 4.78 is 27.1. The van der Waals surface area contributed by atoms with Gasteiger partial charge in [0.1, 0.15) is 0 Å². The molecule has 0 aliphatic heterocycles. The molecule has 0 aromatic heterocycles. The van der Waals surface area contributed by atoms with E-state index in [1.54, 1.807) is 6.92 Å². The highest BCUT2D eigenvalue weighted by atomic mass is 32.2. The summed E-state index contributed by atoms with van der Waals surface area (Å²) in [7, 11) is -1.68. The molecule has 0 heterocycles. The van der Waals surface area contributed by atoms with Gasteiger partial charge in [-0.1, -0.05) is 18.9 Å². The molecule has 0 bridgehead atoms. The van der Waals surface area contributed by atoms with Crippen molar-refractivity contribution in [2.24, 2.45) is 0 Å². The molecule has 2 N–H and O–H groups in total. The van der Waals surface area contributed by atoms with Crippen LogP contribution < -0.4 is 4.72 Å². The third-order valence-electron chi connectivity index (χ3n) is 4.45. The Kier molecular flexibility index (Phi) is 5.78. The molecule has 1 aliphatic rings. The van der Waals surface area contributed by atoms with Crippen LogP contribution in [0.4, 0.5) is 0 Å². The summed E-state index contributed by atoms with van der Waals surface area (Å²) >= 11 is 0. The third-order valence-corrected chi connectivity index (χ3v) is 5.91. The normalized spacial score (nSPS) is 16.1. The number of aryl methyl sites for hydroxylation is 1. The number of aromatic carboxylic acids is 1. The lowest BCUT2D eigenvalue weighted by atomic mass is 10.1. The monoisotopic (exact) mass is 340 g/mol. The molecule has 0 radical (unpaired) electrons. The number of nitrogens with zero attached hydrogens (tertiary/aromatic N) is 1. The summed E-state index contributed by atoms with van der Waals surface area (Å²) in [6.07, 6.45) is 4.82. The Morgan fingerprint density at radius 2 is 2.00 bits per heavy atom. The van der Waals surface area contributed by atoms with E-state index in [0.717, 1.165) is 0 Å². The number of sulfonamides is 1. The fourth-order valence-corrected chi connectivity index (χ4v) is 4.01. The minimum Gasteiger partial charge on any atom is -0.478 e. The molecule has 0 unspecified atom stereocenters. The highest BCUT2D eigenvalue weighted by Crippen LogP contribution is 2.22. The molecule has 1 aromatic rings. The van der Waals surface area contributed by atoms with Crippen molar-refractivity contribution in [3.8, 4) is 0 Å². The van der Waals surface area contributed by atoms with Crippen LogP contribution in [0.1, 0.15) is 41.6 Å². The lowest BCUT2D eigenvalue weighted by molar-refractivity contribution is 0.0696. The van der Waals surface area contributed by atoms with Crippen LogP contribution in [0.2, 0.25) is 0 Å². The second kappa shape index (κ2) is 7.42. The predicted octanol–water partition coefficient (Wildman–Crippen LogP) is 1.85. The van der Waals surface area contributed by atoms with E-state index in [4.69, 9.17) is 5.11 Å². The van der Waals surface area contributed by atoms with Gasteiger partial charge in [0.2, 0.25) is 10.0 Å². The van der Waals surface area contributed by atoms with Crippen LogP contribution in [-0.4, -0.2) is 50.6 Å². The van der Waals surface area contributed by atoms with Crippen molar-refractivity contribution in [1.29, 1.82) is 0 Å². The number of carbonyl (C=O) groups is 1. The minimum atomic E-state index is -3.69. The molecule has 23 heavy (non-hydrogen) atoms. The van der Waals surface area contributed by atoms with E-state index < -0.39 is 16.0 Å². The molecule has 1 fully saturated rings. The maximum absolute atomic E-state index is 12.3. The fraction of sp³-hybridized carbons (Fsp3) is 0.562. The first-order chi connectivity index (χ1) is 10.8. The number of carboxylic acids is 1. The van der Waals surface area contributed by atoms with Crippen molar-refractivity contribution in [3.63, 3.8) is 0 Å². The number of benzene rings is 1. The standard InChI is InChI=1S/C16H24N2O4S/c1-12-7-8-14(11-15(12)16(19)20)23(21,22)17-9-10-18(2)13-5-3-4-6-13/h7-8,11,13,17H,3-6,9-10H2,1-2H3,(H,19,20). The molecular formula is C16H24N2O4S. The first-order valence-electron chi connectivity index (χ1n) is 7.85. The summed E-state index contributed by atoms with van der Waals surface area (Å²) in [5, 5.41) is 9.10. The molecule has 0 amide bonds. The quantitative estimate of drug-likeness (QED) is 0.791. The molecule has 128 valence electrons. The molecule has 0 atom stereocenters. The zero-order chi connectivity index (χ0) is 17.0. The third kappa shape index (κ3) is 4.53. The van der Waals surface area contributed by atoms with Crippen LogP contribution in [0.25, 0.3) is 0 Å². The van der Waals surface area contributed by atoms with Gasteiger partial charge in [0, 0.05) is 19.1 Å². The molecule has 1 aromatic carbocycles. The van der Waals surface area contributed by atoms with E-state index >= 15 is 0 Å². The van der Waals surface area contributed by atoms with Crippen LogP contribution in [-0.2, 0) is 10.0 Å². The molecule has 2 rings (SSSR count).